The van der Waals surface area contributed by atoms with Gasteiger partial charge in [-0.15, -0.1) is 0 Å². The SMILES string of the molecule is COC(=O)N1CCN(c2cc(F)cc(CNC(=O)Nc3ccc(C)nc3)c2F)CC1. The van der Waals surface area contributed by atoms with Crippen molar-refractivity contribution in [2.24, 2.45) is 0 Å². The van der Waals surface area contributed by atoms with Crippen LogP contribution in [0.5, 0.6) is 0 Å². The predicted octanol–water partition coefficient (Wildman–Crippen LogP) is 2.88. The van der Waals surface area contributed by atoms with E-state index in [9.17, 15) is 18.4 Å². The average Bonchev–Trinajstić information content (AvgIpc) is 2.75. The lowest BCUT2D eigenvalue weighted by Crippen LogP contribution is -2.49. The number of nitrogens with zero attached hydrogens (tertiary/aromatic N) is 3. The Bertz CT molecular complexity index is 915. The molecule has 2 heterocycles. The Balaban J connectivity index is 1.64. The molecule has 1 fully saturated rings. The first kappa shape index (κ1) is 21.3. The van der Waals surface area contributed by atoms with Gasteiger partial charge in [0.05, 0.1) is 24.7 Å². The highest BCUT2D eigenvalue weighted by atomic mass is 19.1. The Labute approximate surface area is 172 Å². The second-order valence-electron chi connectivity index (χ2n) is 6.84. The number of benzene rings is 1. The zero-order valence-electron chi connectivity index (χ0n) is 16.7. The molecular weight excluding hydrogens is 396 g/mol. The maximum atomic E-state index is 15.0. The summed E-state index contributed by atoms with van der Waals surface area (Å²) in [6.07, 6.45) is 1.05. The zero-order valence-corrected chi connectivity index (χ0v) is 16.7. The van der Waals surface area contributed by atoms with Crippen LogP contribution in [0.2, 0.25) is 0 Å². The number of aryl methyl sites for hydroxylation is 1. The van der Waals surface area contributed by atoms with Crippen LogP contribution in [0.1, 0.15) is 11.3 Å². The van der Waals surface area contributed by atoms with Crippen LogP contribution in [0, 0.1) is 18.6 Å². The molecule has 3 amide bonds. The summed E-state index contributed by atoms with van der Waals surface area (Å²) in [4.78, 5) is 30.9. The summed E-state index contributed by atoms with van der Waals surface area (Å²) in [6, 6.07) is 5.05. The molecule has 2 N–H and O–H groups in total. The first-order valence-electron chi connectivity index (χ1n) is 9.40. The number of urea groups is 1. The van der Waals surface area contributed by atoms with Crippen molar-refractivity contribution in [3.05, 3.63) is 53.4 Å². The molecule has 0 radical (unpaired) electrons. The Morgan fingerprint density at radius 1 is 1.17 bits per heavy atom. The summed E-state index contributed by atoms with van der Waals surface area (Å²) in [7, 11) is 1.30. The first-order chi connectivity index (χ1) is 14.4. The highest BCUT2D eigenvalue weighted by molar-refractivity contribution is 5.88. The first-order valence-corrected chi connectivity index (χ1v) is 9.40. The van der Waals surface area contributed by atoms with Crippen molar-refractivity contribution < 1.29 is 23.1 Å². The van der Waals surface area contributed by atoms with Crippen LogP contribution >= 0.6 is 0 Å². The number of pyridine rings is 1. The minimum absolute atomic E-state index is 0.0255. The van der Waals surface area contributed by atoms with Crippen molar-refractivity contribution in [3.8, 4) is 0 Å². The number of nitrogens with one attached hydrogen (secondary N) is 2. The highest BCUT2D eigenvalue weighted by Gasteiger charge is 2.24. The van der Waals surface area contributed by atoms with Gasteiger partial charge in [0.25, 0.3) is 0 Å². The molecule has 160 valence electrons. The molecule has 0 spiro atoms. The van der Waals surface area contributed by atoms with Crippen LogP contribution in [0.15, 0.2) is 30.5 Å². The predicted molar refractivity (Wildman–Crippen MR) is 107 cm³/mol. The maximum absolute atomic E-state index is 15.0. The molecule has 1 aromatic heterocycles. The standard InChI is InChI=1S/C20H23F2N5O3/c1-13-3-4-16(12-23-13)25-19(28)24-11-14-9-15(21)10-17(18(14)22)26-5-7-27(8-6-26)20(29)30-2/h3-4,9-10,12H,5-8,11H2,1-2H3,(H2,24,25,28). The quantitative estimate of drug-likeness (QED) is 0.796. The van der Waals surface area contributed by atoms with Gasteiger partial charge in [0.2, 0.25) is 0 Å². The molecule has 1 aromatic carbocycles. The van der Waals surface area contributed by atoms with Crippen molar-refractivity contribution in [3.63, 3.8) is 0 Å². The summed E-state index contributed by atoms with van der Waals surface area (Å²) in [5.41, 5.74) is 1.42. The van der Waals surface area contributed by atoms with Crippen LogP contribution in [-0.4, -0.2) is 55.3 Å². The monoisotopic (exact) mass is 419 g/mol. The van der Waals surface area contributed by atoms with Gasteiger partial charge in [-0.3, -0.25) is 4.98 Å². The Morgan fingerprint density at radius 2 is 1.90 bits per heavy atom. The number of rotatable bonds is 4. The van der Waals surface area contributed by atoms with Gasteiger partial charge < -0.3 is 25.2 Å². The third-order valence-electron chi connectivity index (χ3n) is 4.76. The van der Waals surface area contributed by atoms with Crippen molar-refractivity contribution in [1.29, 1.82) is 0 Å². The summed E-state index contributed by atoms with van der Waals surface area (Å²) in [5, 5.41) is 5.10. The van der Waals surface area contributed by atoms with Gasteiger partial charge >= 0.3 is 12.1 Å². The van der Waals surface area contributed by atoms with Gasteiger partial charge in [-0.25, -0.2) is 18.4 Å². The number of hydrogen-bond donors (Lipinski definition) is 2. The van der Waals surface area contributed by atoms with Crippen molar-refractivity contribution >= 4 is 23.5 Å². The van der Waals surface area contributed by atoms with E-state index < -0.39 is 23.8 Å². The molecule has 1 aliphatic rings. The summed E-state index contributed by atoms with van der Waals surface area (Å²) >= 11 is 0. The molecule has 0 atom stereocenters. The Morgan fingerprint density at radius 3 is 2.53 bits per heavy atom. The smallest absolute Gasteiger partial charge is 0.409 e. The number of hydrogen-bond acceptors (Lipinski definition) is 5. The second-order valence-corrected chi connectivity index (χ2v) is 6.84. The van der Waals surface area contributed by atoms with E-state index in [4.69, 9.17) is 0 Å². The molecule has 0 bridgehead atoms. The molecule has 10 heteroatoms. The molecule has 3 rings (SSSR count). The number of amides is 3. The van der Waals surface area contributed by atoms with Gasteiger partial charge in [0.15, 0.2) is 5.82 Å². The van der Waals surface area contributed by atoms with Gasteiger partial charge in [0.1, 0.15) is 5.82 Å². The number of piperazine rings is 1. The van der Waals surface area contributed by atoms with Crippen LogP contribution in [0.4, 0.5) is 29.7 Å². The average molecular weight is 419 g/mol. The van der Waals surface area contributed by atoms with E-state index in [0.717, 1.165) is 17.8 Å². The van der Waals surface area contributed by atoms with Crippen molar-refractivity contribution in [1.82, 2.24) is 15.2 Å². The van der Waals surface area contributed by atoms with E-state index in [1.807, 2.05) is 6.92 Å². The second kappa shape index (κ2) is 9.38. The minimum atomic E-state index is -0.611. The lowest BCUT2D eigenvalue weighted by Gasteiger charge is -2.35. The normalized spacial score (nSPS) is 13.7. The van der Waals surface area contributed by atoms with Crippen molar-refractivity contribution in [2.75, 3.05) is 43.5 Å². The molecule has 0 saturated carbocycles. The zero-order chi connectivity index (χ0) is 21.7. The van der Waals surface area contributed by atoms with E-state index >= 15 is 0 Å². The Kier molecular flexibility index (Phi) is 6.65. The molecule has 2 aromatic rings. The highest BCUT2D eigenvalue weighted by Crippen LogP contribution is 2.25. The third kappa shape index (κ3) is 5.13. The number of anilines is 2. The molecule has 0 unspecified atom stereocenters. The van der Waals surface area contributed by atoms with Crippen LogP contribution in [-0.2, 0) is 11.3 Å². The van der Waals surface area contributed by atoms with Gasteiger partial charge in [-0.1, -0.05) is 0 Å². The summed E-state index contributed by atoms with van der Waals surface area (Å²) in [5.74, 6) is -1.22. The number of ether oxygens (including phenoxy) is 1. The maximum Gasteiger partial charge on any atom is 0.409 e. The van der Waals surface area contributed by atoms with E-state index in [0.29, 0.717) is 31.9 Å². The largest absolute Gasteiger partial charge is 0.453 e. The number of methoxy groups -OCH3 is 1. The number of carbonyl (C=O) groups excluding carboxylic acids is 2. The lowest BCUT2D eigenvalue weighted by molar-refractivity contribution is 0.121. The molecule has 8 nitrogen and oxygen atoms in total. The third-order valence-corrected chi connectivity index (χ3v) is 4.76. The van der Waals surface area contributed by atoms with Crippen molar-refractivity contribution in [2.45, 2.75) is 13.5 Å². The van der Waals surface area contributed by atoms with Crippen LogP contribution in [0.25, 0.3) is 0 Å². The van der Waals surface area contributed by atoms with E-state index in [2.05, 4.69) is 20.4 Å². The molecule has 0 aliphatic carbocycles. The topological polar surface area (TPSA) is 86.8 Å². The van der Waals surface area contributed by atoms with Gasteiger partial charge in [-0.2, -0.15) is 0 Å². The van der Waals surface area contributed by atoms with E-state index in [1.165, 1.54) is 18.2 Å². The van der Waals surface area contributed by atoms with Crippen LogP contribution < -0.4 is 15.5 Å². The molecule has 1 aliphatic heterocycles. The molecular formula is C20H23F2N5O3. The lowest BCUT2D eigenvalue weighted by atomic mass is 10.1. The fourth-order valence-corrected chi connectivity index (χ4v) is 3.14. The fourth-order valence-electron chi connectivity index (χ4n) is 3.14. The van der Waals surface area contributed by atoms with E-state index in [-0.39, 0.29) is 17.8 Å². The number of carbonyl (C=O) groups is 2. The van der Waals surface area contributed by atoms with E-state index in [1.54, 1.807) is 17.0 Å². The number of aromatic nitrogens is 1. The minimum Gasteiger partial charge on any atom is -0.453 e. The van der Waals surface area contributed by atoms with Gasteiger partial charge in [-0.05, 0) is 25.1 Å². The molecule has 1 saturated heterocycles. The fraction of sp³-hybridized carbons (Fsp3) is 0.350. The molecule has 30 heavy (non-hydrogen) atoms. The van der Waals surface area contributed by atoms with Gasteiger partial charge in [0, 0.05) is 50.0 Å². The summed E-state index contributed by atoms with van der Waals surface area (Å²) in [6.45, 7) is 2.98. The Hall–Kier alpha value is -3.43. The summed E-state index contributed by atoms with van der Waals surface area (Å²) < 4.78 is 33.8. The van der Waals surface area contributed by atoms with Crippen LogP contribution in [0.3, 0.4) is 0 Å². The number of halogens is 2.